The molecule has 23 heavy (non-hydrogen) atoms. The summed E-state index contributed by atoms with van der Waals surface area (Å²) in [5.74, 6) is 0.233. The van der Waals surface area contributed by atoms with E-state index >= 15 is 0 Å². The first-order chi connectivity index (χ1) is 10.6. The highest BCUT2D eigenvalue weighted by Crippen LogP contribution is 2.14. The Kier molecular flexibility index (Phi) is 7.00. The lowest BCUT2D eigenvalue weighted by Crippen LogP contribution is -2.50. The standard InChI is InChI=1S/C16H28N4O2S/c1-11(2)7-8-20(15(22)19-16(4,5)6)9-13(21)18-14-17-12(3)10-23-14/h10-11H,7-9H2,1-6H3,(H,19,22)(H,17,18,21). The zero-order valence-electron chi connectivity index (χ0n) is 14.9. The van der Waals surface area contributed by atoms with E-state index in [-0.39, 0.29) is 24.0 Å². The SMILES string of the molecule is Cc1csc(NC(=O)CN(CCC(C)C)C(=O)NC(C)(C)C)n1. The van der Waals surface area contributed by atoms with Crippen LogP contribution in [-0.2, 0) is 4.79 Å². The first-order valence-corrected chi connectivity index (χ1v) is 8.74. The third-order valence-electron chi connectivity index (χ3n) is 2.95. The van der Waals surface area contributed by atoms with Crippen LogP contribution in [0.1, 0.15) is 46.7 Å². The minimum Gasteiger partial charge on any atom is -0.333 e. The average molecular weight is 340 g/mol. The van der Waals surface area contributed by atoms with E-state index in [0.29, 0.717) is 17.6 Å². The summed E-state index contributed by atoms with van der Waals surface area (Å²) >= 11 is 1.38. The van der Waals surface area contributed by atoms with E-state index in [4.69, 9.17) is 0 Å². The molecule has 1 aromatic heterocycles. The molecule has 0 unspecified atom stereocenters. The predicted octanol–water partition coefficient (Wildman–Crippen LogP) is 3.25. The minimum absolute atomic E-state index is 0.0211. The topological polar surface area (TPSA) is 74.3 Å². The maximum Gasteiger partial charge on any atom is 0.318 e. The quantitative estimate of drug-likeness (QED) is 0.835. The van der Waals surface area contributed by atoms with Gasteiger partial charge in [-0.25, -0.2) is 9.78 Å². The Hall–Kier alpha value is -1.63. The van der Waals surface area contributed by atoms with Gasteiger partial charge >= 0.3 is 6.03 Å². The first-order valence-electron chi connectivity index (χ1n) is 7.86. The Balaban J connectivity index is 2.67. The molecule has 1 heterocycles. The van der Waals surface area contributed by atoms with Crippen LogP contribution >= 0.6 is 11.3 Å². The maximum atomic E-state index is 12.4. The van der Waals surface area contributed by atoms with Crippen LogP contribution in [0.5, 0.6) is 0 Å². The molecular formula is C16H28N4O2S. The first kappa shape index (κ1) is 19.4. The summed E-state index contributed by atoms with van der Waals surface area (Å²) in [5.41, 5.74) is 0.531. The summed E-state index contributed by atoms with van der Waals surface area (Å²) in [6, 6.07) is -0.219. The van der Waals surface area contributed by atoms with Crippen molar-refractivity contribution in [3.63, 3.8) is 0 Å². The fourth-order valence-corrected chi connectivity index (χ4v) is 2.51. The van der Waals surface area contributed by atoms with Gasteiger partial charge in [0.15, 0.2) is 5.13 Å². The van der Waals surface area contributed by atoms with Gasteiger partial charge in [0.05, 0.1) is 5.69 Å². The van der Waals surface area contributed by atoms with E-state index in [2.05, 4.69) is 29.5 Å². The van der Waals surface area contributed by atoms with Gasteiger partial charge in [-0.15, -0.1) is 11.3 Å². The molecule has 0 aliphatic carbocycles. The van der Waals surface area contributed by atoms with E-state index in [9.17, 15) is 9.59 Å². The molecule has 6 nitrogen and oxygen atoms in total. The fourth-order valence-electron chi connectivity index (χ4n) is 1.81. The summed E-state index contributed by atoms with van der Waals surface area (Å²) in [6.45, 7) is 12.4. The van der Waals surface area contributed by atoms with Crippen LogP contribution in [0.15, 0.2) is 5.38 Å². The second-order valence-corrected chi connectivity index (χ2v) is 7.98. The summed E-state index contributed by atoms with van der Waals surface area (Å²) in [5, 5.41) is 8.09. The van der Waals surface area contributed by atoms with Crippen LogP contribution in [-0.4, -0.2) is 40.5 Å². The molecule has 1 aromatic rings. The molecule has 0 aliphatic rings. The molecule has 0 aliphatic heterocycles. The monoisotopic (exact) mass is 340 g/mol. The zero-order valence-corrected chi connectivity index (χ0v) is 15.7. The van der Waals surface area contributed by atoms with Crippen LogP contribution in [0, 0.1) is 12.8 Å². The van der Waals surface area contributed by atoms with Crippen LogP contribution in [0.4, 0.5) is 9.93 Å². The summed E-state index contributed by atoms with van der Waals surface area (Å²) in [7, 11) is 0. The molecule has 0 saturated heterocycles. The van der Waals surface area contributed by atoms with Gasteiger partial charge in [-0.2, -0.15) is 0 Å². The number of nitrogens with one attached hydrogen (secondary N) is 2. The molecule has 130 valence electrons. The van der Waals surface area contributed by atoms with E-state index in [1.807, 2.05) is 33.1 Å². The molecule has 0 atom stereocenters. The molecule has 2 N–H and O–H groups in total. The number of rotatable bonds is 6. The van der Waals surface area contributed by atoms with Crippen LogP contribution in [0.3, 0.4) is 0 Å². The van der Waals surface area contributed by atoms with E-state index in [0.717, 1.165) is 12.1 Å². The van der Waals surface area contributed by atoms with Crippen molar-refractivity contribution in [3.05, 3.63) is 11.1 Å². The number of hydrogen-bond donors (Lipinski definition) is 2. The minimum atomic E-state index is -0.337. The third kappa shape index (κ3) is 7.97. The number of hydrogen-bond acceptors (Lipinski definition) is 4. The van der Waals surface area contributed by atoms with Gasteiger partial charge in [-0.1, -0.05) is 13.8 Å². The molecule has 0 radical (unpaired) electrons. The maximum absolute atomic E-state index is 12.4. The fraction of sp³-hybridized carbons (Fsp3) is 0.688. The molecule has 0 fully saturated rings. The molecule has 7 heteroatoms. The molecule has 3 amide bonds. The summed E-state index contributed by atoms with van der Waals surface area (Å²) in [4.78, 5) is 30.3. The highest BCUT2D eigenvalue weighted by Gasteiger charge is 2.22. The molecule has 0 spiro atoms. The Labute approximate surface area is 142 Å². The smallest absolute Gasteiger partial charge is 0.318 e. The van der Waals surface area contributed by atoms with Gasteiger partial charge in [0.2, 0.25) is 5.91 Å². The second kappa shape index (κ2) is 8.29. The number of thiazole rings is 1. The predicted molar refractivity (Wildman–Crippen MR) is 94.8 cm³/mol. The molecule has 0 aromatic carbocycles. The molecule has 0 bridgehead atoms. The Bertz CT molecular complexity index is 534. The number of nitrogens with zero attached hydrogens (tertiary/aromatic N) is 2. The second-order valence-electron chi connectivity index (χ2n) is 7.13. The average Bonchev–Trinajstić information content (AvgIpc) is 2.77. The number of amides is 3. The van der Waals surface area contributed by atoms with Crippen molar-refractivity contribution in [1.82, 2.24) is 15.2 Å². The van der Waals surface area contributed by atoms with Crippen LogP contribution in [0.25, 0.3) is 0 Å². The highest BCUT2D eigenvalue weighted by molar-refractivity contribution is 7.13. The largest absolute Gasteiger partial charge is 0.333 e. The van der Waals surface area contributed by atoms with Crippen molar-refractivity contribution < 1.29 is 9.59 Å². The van der Waals surface area contributed by atoms with Crippen molar-refractivity contribution in [1.29, 1.82) is 0 Å². The number of anilines is 1. The van der Waals surface area contributed by atoms with Crippen molar-refractivity contribution in [2.24, 2.45) is 5.92 Å². The Morgan fingerprint density at radius 1 is 1.35 bits per heavy atom. The van der Waals surface area contributed by atoms with Crippen LogP contribution < -0.4 is 10.6 Å². The Morgan fingerprint density at radius 2 is 2.00 bits per heavy atom. The van der Waals surface area contributed by atoms with Gasteiger partial charge in [0.1, 0.15) is 6.54 Å². The molecule has 0 saturated carbocycles. The zero-order chi connectivity index (χ0) is 17.6. The number of aryl methyl sites for hydroxylation is 1. The normalized spacial score (nSPS) is 11.4. The number of aromatic nitrogens is 1. The van der Waals surface area contributed by atoms with Gasteiger partial charge in [0.25, 0.3) is 0 Å². The van der Waals surface area contributed by atoms with Crippen molar-refractivity contribution in [3.8, 4) is 0 Å². The molecular weight excluding hydrogens is 312 g/mol. The third-order valence-corrected chi connectivity index (χ3v) is 3.82. The summed E-state index contributed by atoms with van der Waals surface area (Å²) < 4.78 is 0. The van der Waals surface area contributed by atoms with Gasteiger partial charge < -0.3 is 15.5 Å². The van der Waals surface area contributed by atoms with Crippen LogP contribution in [0.2, 0.25) is 0 Å². The van der Waals surface area contributed by atoms with E-state index in [1.165, 1.54) is 11.3 Å². The van der Waals surface area contributed by atoms with Gasteiger partial charge in [0, 0.05) is 17.5 Å². The van der Waals surface area contributed by atoms with E-state index in [1.54, 1.807) is 4.90 Å². The lowest BCUT2D eigenvalue weighted by atomic mass is 10.1. The van der Waals surface area contributed by atoms with E-state index < -0.39 is 0 Å². The highest BCUT2D eigenvalue weighted by atomic mass is 32.1. The van der Waals surface area contributed by atoms with Crippen molar-refractivity contribution in [2.45, 2.75) is 53.5 Å². The van der Waals surface area contributed by atoms with Crippen molar-refractivity contribution >= 4 is 28.4 Å². The van der Waals surface area contributed by atoms with Crippen molar-refractivity contribution in [2.75, 3.05) is 18.4 Å². The van der Waals surface area contributed by atoms with Gasteiger partial charge in [-0.05, 0) is 40.0 Å². The number of carbonyl (C=O) groups excluding carboxylic acids is 2. The number of urea groups is 1. The molecule has 1 rings (SSSR count). The summed E-state index contributed by atoms with van der Waals surface area (Å²) in [6.07, 6.45) is 0.848. The van der Waals surface area contributed by atoms with Gasteiger partial charge in [-0.3, -0.25) is 4.79 Å². The number of carbonyl (C=O) groups is 2. The lowest BCUT2D eigenvalue weighted by Gasteiger charge is -2.28. The Morgan fingerprint density at radius 3 is 2.48 bits per heavy atom. The lowest BCUT2D eigenvalue weighted by molar-refractivity contribution is -0.116.